The van der Waals surface area contributed by atoms with Gasteiger partial charge in [-0.05, 0) is 54.8 Å². The van der Waals surface area contributed by atoms with Crippen LogP contribution in [0.3, 0.4) is 0 Å². The van der Waals surface area contributed by atoms with E-state index < -0.39 is 17.4 Å². The van der Waals surface area contributed by atoms with Crippen LogP contribution in [0.5, 0.6) is 0 Å². The van der Waals surface area contributed by atoms with Crippen molar-refractivity contribution in [1.82, 2.24) is 14.7 Å². The maximum atomic E-state index is 13.9. The Hall–Kier alpha value is -4.31. The third kappa shape index (κ3) is 5.21. The Morgan fingerprint density at radius 2 is 1.91 bits per heavy atom. The average molecular weight is 613 g/mol. The van der Waals surface area contributed by atoms with Crippen molar-refractivity contribution in [2.75, 3.05) is 18.1 Å². The first-order valence-corrected chi connectivity index (χ1v) is 15.1. The molecule has 6 rings (SSSR count). The van der Waals surface area contributed by atoms with E-state index in [1.54, 1.807) is 66.6 Å². The van der Waals surface area contributed by atoms with Crippen molar-refractivity contribution in [3.8, 4) is 5.69 Å². The molecule has 10 heteroatoms. The number of halogens is 1. The van der Waals surface area contributed by atoms with Gasteiger partial charge in [-0.3, -0.25) is 14.4 Å². The molecule has 0 saturated carbocycles. The number of aliphatic hydroxyl groups is 2. The standard InChI is InChI=1S/C34H33ClN4O5/c1-22(6-4-10-31(41)37-17-5-8-27(37)21-40)34(44)29-18-25(35)13-16-30(29)38(33(34)43)20-23-11-14-26(15-12-23)39-32(42)28-9-3-2-7-24(28)19-36-39/h2-4,6-7,9,11-16,18-19,22,27,40,44H,5,8,10,17,20-21H2,1H3/b6-4+/t22-,27-,34+/m0/s1. The number of amides is 2. The van der Waals surface area contributed by atoms with E-state index >= 15 is 0 Å². The van der Waals surface area contributed by atoms with Crippen LogP contribution in [0.1, 0.15) is 37.3 Å². The van der Waals surface area contributed by atoms with Gasteiger partial charge in [0.15, 0.2) is 5.60 Å². The predicted octanol–water partition coefficient (Wildman–Crippen LogP) is 4.34. The summed E-state index contributed by atoms with van der Waals surface area (Å²) < 4.78 is 1.34. The molecule has 44 heavy (non-hydrogen) atoms. The summed E-state index contributed by atoms with van der Waals surface area (Å²) in [6.45, 7) is 2.48. The van der Waals surface area contributed by atoms with E-state index in [9.17, 15) is 24.6 Å². The van der Waals surface area contributed by atoms with E-state index in [2.05, 4.69) is 5.10 Å². The first-order valence-electron chi connectivity index (χ1n) is 14.7. The summed E-state index contributed by atoms with van der Waals surface area (Å²) in [5.74, 6) is -1.25. The van der Waals surface area contributed by atoms with E-state index in [0.29, 0.717) is 33.9 Å². The van der Waals surface area contributed by atoms with Gasteiger partial charge < -0.3 is 20.0 Å². The molecule has 3 atom stereocenters. The van der Waals surface area contributed by atoms with Gasteiger partial charge in [0.25, 0.3) is 11.5 Å². The van der Waals surface area contributed by atoms with Gasteiger partial charge in [0.05, 0.1) is 42.2 Å². The highest BCUT2D eigenvalue weighted by atomic mass is 35.5. The molecular weight excluding hydrogens is 580 g/mol. The van der Waals surface area contributed by atoms with Gasteiger partial charge >= 0.3 is 0 Å². The molecule has 9 nitrogen and oxygen atoms in total. The fourth-order valence-electron chi connectivity index (χ4n) is 6.26. The van der Waals surface area contributed by atoms with E-state index in [1.807, 2.05) is 30.3 Å². The molecule has 2 amide bonds. The number of rotatable bonds is 8. The van der Waals surface area contributed by atoms with Gasteiger partial charge in [0.2, 0.25) is 5.91 Å². The van der Waals surface area contributed by atoms with E-state index in [4.69, 9.17) is 11.6 Å². The number of benzene rings is 3. The smallest absolute Gasteiger partial charge is 0.279 e. The second-order valence-electron chi connectivity index (χ2n) is 11.4. The molecule has 226 valence electrons. The van der Waals surface area contributed by atoms with E-state index in [1.165, 1.54) is 9.58 Å². The first kappa shape index (κ1) is 29.7. The zero-order chi connectivity index (χ0) is 31.0. The zero-order valence-corrected chi connectivity index (χ0v) is 25.0. The molecule has 2 N–H and O–H groups in total. The molecule has 3 heterocycles. The van der Waals surface area contributed by atoms with Crippen molar-refractivity contribution in [3.05, 3.63) is 112 Å². The topological polar surface area (TPSA) is 116 Å². The minimum atomic E-state index is -1.89. The number of carbonyl (C=O) groups excluding carboxylic acids is 2. The SMILES string of the molecule is C[C@@H](/C=C/CC(=O)N1CCC[C@H]1CO)[C@]1(O)C(=O)N(Cc2ccc(-n3ncc4ccccc4c3=O)cc2)c2ccc(Cl)cc21. The molecule has 2 aliphatic heterocycles. The minimum absolute atomic E-state index is 0.0605. The quantitative estimate of drug-likeness (QED) is 0.286. The highest BCUT2D eigenvalue weighted by Crippen LogP contribution is 2.46. The number of likely N-dealkylation sites (tertiary alicyclic amines) is 1. The highest BCUT2D eigenvalue weighted by Gasteiger charge is 2.52. The van der Waals surface area contributed by atoms with Crippen LogP contribution in [0.2, 0.25) is 5.02 Å². The number of hydrogen-bond donors (Lipinski definition) is 2. The number of fused-ring (bicyclic) bond motifs is 2. The molecule has 0 bridgehead atoms. The number of aliphatic hydroxyl groups excluding tert-OH is 1. The third-order valence-electron chi connectivity index (χ3n) is 8.73. The molecule has 0 radical (unpaired) electrons. The van der Waals surface area contributed by atoms with E-state index in [0.717, 1.165) is 23.8 Å². The Balaban J connectivity index is 1.22. The summed E-state index contributed by atoms with van der Waals surface area (Å²) in [5, 5.41) is 27.5. The summed E-state index contributed by atoms with van der Waals surface area (Å²) in [6, 6.07) is 19.3. The number of nitrogens with zero attached hydrogens (tertiary/aromatic N) is 4. The maximum absolute atomic E-state index is 13.9. The van der Waals surface area contributed by atoms with Crippen LogP contribution < -0.4 is 10.5 Å². The number of hydrogen-bond acceptors (Lipinski definition) is 6. The summed E-state index contributed by atoms with van der Waals surface area (Å²) >= 11 is 6.32. The van der Waals surface area contributed by atoms with Gasteiger partial charge in [-0.1, -0.05) is 61.0 Å². The molecule has 3 aromatic carbocycles. The second-order valence-corrected chi connectivity index (χ2v) is 11.9. The molecule has 1 fully saturated rings. The van der Waals surface area contributed by atoms with Crippen molar-refractivity contribution in [3.63, 3.8) is 0 Å². The Bertz CT molecular complexity index is 1820. The van der Waals surface area contributed by atoms with Gasteiger partial charge in [0.1, 0.15) is 0 Å². The van der Waals surface area contributed by atoms with Crippen LogP contribution in [0.15, 0.2) is 89.9 Å². The van der Waals surface area contributed by atoms with Crippen LogP contribution in [-0.4, -0.2) is 55.9 Å². The fraction of sp³-hybridized carbons (Fsp3) is 0.294. The van der Waals surface area contributed by atoms with Gasteiger partial charge in [-0.25, -0.2) is 0 Å². The van der Waals surface area contributed by atoms with Crippen LogP contribution >= 0.6 is 11.6 Å². The maximum Gasteiger partial charge on any atom is 0.279 e. The molecular formula is C34H33ClN4O5. The van der Waals surface area contributed by atoms with Crippen LogP contribution in [0.25, 0.3) is 16.5 Å². The van der Waals surface area contributed by atoms with Crippen LogP contribution in [0.4, 0.5) is 5.69 Å². The Labute approximate surface area is 259 Å². The molecule has 0 spiro atoms. The lowest BCUT2D eigenvalue weighted by Gasteiger charge is -2.28. The predicted molar refractivity (Wildman–Crippen MR) is 169 cm³/mol. The summed E-state index contributed by atoms with van der Waals surface area (Å²) in [5.41, 5.74) is 0.231. The van der Waals surface area contributed by atoms with Crippen molar-refractivity contribution in [1.29, 1.82) is 0 Å². The third-order valence-corrected chi connectivity index (χ3v) is 8.97. The van der Waals surface area contributed by atoms with Crippen molar-refractivity contribution in [2.45, 2.75) is 44.4 Å². The number of anilines is 1. The molecule has 4 aromatic rings. The van der Waals surface area contributed by atoms with Gasteiger partial charge in [0, 0.05) is 34.9 Å². The number of aromatic nitrogens is 2. The first-order chi connectivity index (χ1) is 21.2. The summed E-state index contributed by atoms with van der Waals surface area (Å²) in [4.78, 5) is 42.9. The largest absolute Gasteiger partial charge is 0.394 e. The van der Waals surface area contributed by atoms with Crippen molar-refractivity contribution >= 4 is 39.9 Å². The zero-order valence-electron chi connectivity index (χ0n) is 24.3. The molecule has 0 unspecified atom stereocenters. The highest BCUT2D eigenvalue weighted by molar-refractivity contribution is 6.31. The molecule has 1 aromatic heterocycles. The Kier molecular flexibility index (Phi) is 8.11. The average Bonchev–Trinajstić information content (AvgIpc) is 3.60. The van der Waals surface area contributed by atoms with Crippen LogP contribution in [0, 0.1) is 5.92 Å². The fourth-order valence-corrected chi connectivity index (χ4v) is 6.43. The monoisotopic (exact) mass is 612 g/mol. The second kappa shape index (κ2) is 12.0. The Morgan fingerprint density at radius 1 is 1.14 bits per heavy atom. The number of carbonyl (C=O) groups is 2. The lowest BCUT2D eigenvalue weighted by atomic mass is 9.83. The van der Waals surface area contributed by atoms with Gasteiger partial charge in [-0.2, -0.15) is 9.78 Å². The van der Waals surface area contributed by atoms with Crippen LogP contribution in [-0.2, 0) is 21.7 Å². The van der Waals surface area contributed by atoms with Crippen molar-refractivity contribution in [2.24, 2.45) is 5.92 Å². The lowest BCUT2D eigenvalue weighted by Crippen LogP contribution is -2.44. The minimum Gasteiger partial charge on any atom is -0.394 e. The molecule has 2 aliphatic rings. The van der Waals surface area contributed by atoms with E-state index in [-0.39, 0.29) is 37.1 Å². The summed E-state index contributed by atoms with van der Waals surface area (Å²) in [7, 11) is 0. The van der Waals surface area contributed by atoms with Gasteiger partial charge in [-0.15, -0.1) is 0 Å². The van der Waals surface area contributed by atoms with Crippen molar-refractivity contribution < 1.29 is 19.8 Å². The molecule has 1 saturated heterocycles. The lowest BCUT2D eigenvalue weighted by molar-refractivity contribution is -0.139. The Morgan fingerprint density at radius 3 is 2.68 bits per heavy atom. The molecule has 0 aliphatic carbocycles. The summed E-state index contributed by atoms with van der Waals surface area (Å²) in [6.07, 6.45) is 6.78. The normalized spacial score (nSPS) is 20.5.